The molecule has 0 saturated carbocycles. The van der Waals surface area contributed by atoms with E-state index in [4.69, 9.17) is 5.11 Å². The summed E-state index contributed by atoms with van der Waals surface area (Å²) >= 11 is 0. The number of nitrogens with one attached hydrogen (secondary N) is 1. The molecule has 84 valence electrons. The quantitative estimate of drug-likeness (QED) is 0.652. The fraction of sp³-hybridized carbons (Fsp3) is 0.600. The van der Waals surface area contributed by atoms with Crippen molar-refractivity contribution < 1.29 is 14.7 Å². The molecule has 0 spiro atoms. The van der Waals surface area contributed by atoms with Gasteiger partial charge in [-0.25, -0.2) is 4.79 Å². The van der Waals surface area contributed by atoms with Gasteiger partial charge in [0.2, 0.25) is 0 Å². The van der Waals surface area contributed by atoms with Crippen LogP contribution in [0.1, 0.15) is 20.3 Å². The van der Waals surface area contributed by atoms with Gasteiger partial charge >= 0.3 is 12.0 Å². The summed E-state index contributed by atoms with van der Waals surface area (Å²) in [4.78, 5) is 23.2. The Bertz CT molecular complexity index is 278. The van der Waals surface area contributed by atoms with Crippen LogP contribution in [0, 0.1) is 11.8 Å². The minimum absolute atomic E-state index is 0.0410. The van der Waals surface area contributed by atoms with Crippen LogP contribution in [0.2, 0.25) is 0 Å². The highest BCUT2D eigenvalue weighted by Gasteiger charge is 2.11. The third-order valence-corrected chi connectivity index (χ3v) is 1.77. The van der Waals surface area contributed by atoms with Crippen LogP contribution in [-0.2, 0) is 4.79 Å². The van der Waals surface area contributed by atoms with Gasteiger partial charge in [0.15, 0.2) is 0 Å². The number of amides is 2. The Kier molecular flexibility index (Phi) is 6.81. The highest BCUT2D eigenvalue weighted by atomic mass is 16.4. The van der Waals surface area contributed by atoms with Gasteiger partial charge in [0.1, 0.15) is 0 Å². The Balaban J connectivity index is 3.96. The molecule has 0 aromatic heterocycles. The van der Waals surface area contributed by atoms with Gasteiger partial charge in [-0.1, -0.05) is 5.92 Å². The van der Waals surface area contributed by atoms with E-state index in [1.54, 1.807) is 13.8 Å². The van der Waals surface area contributed by atoms with Gasteiger partial charge in [0.05, 0.1) is 13.0 Å². The number of carbonyl (C=O) groups excluding carboxylic acids is 1. The lowest BCUT2D eigenvalue weighted by Crippen LogP contribution is -2.41. The molecule has 5 heteroatoms. The number of rotatable bonds is 5. The van der Waals surface area contributed by atoms with Crippen LogP contribution < -0.4 is 5.32 Å². The van der Waals surface area contributed by atoms with Gasteiger partial charge in [0, 0.05) is 13.1 Å². The number of hydrogen-bond donors (Lipinski definition) is 2. The van der Waals surface area contributed by atoms with Crippen LogP contribution in [0.15, 0.2) is 0 Å². The Hall–Kier alpha value is -1.70. The first kappa shape index (κ1) is 13.3. The molecule has 0 radical (unpaired) electrons. The lowest BCUT2D eigenvalue weighted by atomic mass is 10.4. The summed E-state index contributed by atoms with van der Waals surface area (Å²) in [5.41, 5.74) is 0. The van der Waals surface area contributed by atoms with Gasteiger partial charge in [0.25, 0.3) is 0 Å². The Morgan fingerprint density at radius 1 is 1.47 bits per heavy atom. The second kappa shape index (κ2) is 7.68. The molecular weight excluding hydrogens is 196 g/mol. The molecular formula is C10H16N2O3. The zero-order chi connectivity index (χ0) is 11.7. The summed E-state index contributed by atoms with van der Waals surface area (Å²) in [5, 5.41) is 11.1. The number of hydrogen-bond acceptors (Lipinski definition) is 2. The van der Waals surface area contributed by atoms with E-state index < -0.39 is 5.97 Å². The molecule has 0 aliphatic carbocycles. The molecule has 0 aliphatic rings. The summed E-state index contributed by atoms with van der Waals surface area (Å²) in [6.45, 7) is 4.48. The topological polar surface area (TPSA) is 69.6 Å². The van der Waals surface area contributed by atoms with E-state index in [1.165, 1.54) is 4.90 Å². The standard InChI is InChI=1S/C10H16N2O3/c1-3-5-7-11-10(15)12(4-2)8-6-9(13)14/h4,6-8H2,1-2H3,(H,11,15)(H,13,14). The van der Waals surface area contributed by atoms with Crippen LogP contribution in [0.25, 0.3) is 0 Å². The molecule has 0 aromatic carbocycles. The molecule has 0 fully saturated rings. The largest absolute Gasteiger partial charge is 0.481 e. The zero-order valence-corrected chi connectivity index (χ0v) is 9.04. The SMILES string of the molecule is CC#CCNC(=O)N(CC)CCC(=O)O. The van der Waals surface area contributed by atoms with Crippen LogP contribution in [0.5, 0.6) is 0 Å². The average molecular weight is 212 g/mol. The van der Waals surface area contributed by atoms with E-state index in [9.17, 15) is 9.59 Å². The van der Waals surface area contributed by atoms with Crippen molar-refractivity contribution in [3.8, 4) is 11.8 Å². The Morgan fingerprint density at radius 3 is 2.60 bits per heavy atom. The second-order valence-corrected chi connectivity index (χ2v) is 2.81. The fourth-order valence-electron chi connectivity index (χ4n) is 0.954. The van der Waals surface area contributed by atoms with Gasteiger partial charge in [-0.3, -0.25) is 4.79 Å². The van der Waals surface area contributed by atoms with Crippen molar-refractivity contribution in [3.63, 3.8) is 0 Å². The molecule has 0 bridgehead atoms. The van der Waals surface area contributed by atoms with Crippen molar-refractivity contribution in [2.45, 2.75) is 20.3 Å². The monoisotopic (exact) mass is 212 g/mol. The van der Waals surface area contributed by atoms with Crippen LogP contribution in [0.4, 0.5) is 4.79 Å². The molecule has 0 unspecified atom stereocenters. The van der Waals surface area contributed by atoms with Crippen LogP contribution >= 0.6 is 0 Å². The molecule has 0 aromatic rings. The molecule has 15 heavy (non-hydrogen) atoms. The van der Waals surface area contributed by atoms with E-state index in [-0.39, 0.29) is 19.0 Å². The summed E-state index contributed by atoms with van der Waals surface area (Å²) < 4.78 is 0. The summed E-state index contributed by atoms with van der Waals surface area (Å²) in [7, 11) is 0. The number of aliphatic carboxylic acids is 1. The number of urea groups is 1. The average Bonchev–Trinajstić information content (AvgIpc) is 2.18. The van der Waals surface area contributed by atoms with E-state index in [0.29, 0.717) is 13.1 Å². The van der Waals surface area contributed by atoms with Gasteiger partial charge < -0.3 is 15.3 Å². The third-order valence-electron chi connectivity index (χ3n) is 1.77. The Labute approximate surface area is 89.4 Å². The molecule has 0 aliphatic heterocycles. The van der Waals surface area contributed by atoms with Crippen molar-refractivity contribution >= 4 is 12.0 Å². The minimum Gasteiger partial charge on any atom is -0.481 e. The predicted molar refractivity (Wildman–Crippen MR) is 56.3 cm³/mol. The maximum atomic E-state index is 11.4. The van der Waals surface area contributed by atoms with Gasteiger partial charge in [-0.05, 0) is 13.8 Å². The second-order valence-electron chi connectivity index (χ2n) is 2.81. The van der Waals surface area contributed by atoms with E-state index in [0.717, 1.165) is 0 Å². The number of carboxylic acid groups (broad SMARTS) is 1. The summed E-state index contributed by atoms with van der Waals surface area (Å²) in [6, 6.07) is -0.276. The van der Waals surface area contributed by atoms with Crippen molar-refractivity contribution in [2.75, 3.05) is 19.6 Å². The van der Waals surface area contributed by atoms with Gasteiger partial charge in [-0.15, -0.1) is 5.92 Å². The van der Waals surface area contributed by atoms with Crippen molar-refractivity contribution in [1.82, 2.24) is 10.2 Å². The zero-order valence-electron chi connectivity index (χ0n) is 9.04. The lowest BCUT2D eigenvalue weighted by molar-refractivity contribution is -0.137. The molecule has 0 rings (SSSR count). The van der Waals surface area contributed by atoms with Gasteiger partial charge in [-0.2, -0.15) is 0 Å². The molecule has 2 N–H and O–H groups in total. The number of carbonyl (C=O) groups is 2. The molecule has 2 amide bonds. The van der Waals surface area contributed by atoms with E-state index in [1.807, 2.05) is 0 Å². The minimum atomic E-state index is -0.908. The number of carboxylic acids is 1. The van der Waals surface area contributed by atoms with Crippen molar-refractivity contribution in [1.29, 1.82) is 0 Å². The summed E-state index contributed by atoms with van der Waals surface area (Å²) in [6.07, 6.45) is -0.0410. The maximum absolute atomic E-state index is 11.4. The molecule has 0 heterocycles. The third kappa shape index (κ3) is 6.38. The summed E-state index contributed by atoms with van der Waals surface area (Å²) in [5.74, 6) is 4.44. The maximum Gasteiger partial charge on any atom is 0.318 e. The molecule has 0 saturated heterocycles. The first-order chi connectivity index (χ1) is 7.11. The number of nitrogens with zero attached hydrogens (tertiary/aromatic N) is 1. The lowest BCUT2D eigenvalue weighted by Gasteiger charge is -2.19. The highest BCUT2D eigenvalue weighted by Crippen LogP contribution is 1.92. The van der Waals surface area contributed by atoms with Crippen LogP contribution in [0.3, 0.4) is 0 Å². The van der Waals surface area contributed by atoms with Crippen molar-refractivity contribution in [3.05, 3.63) is 0 Å². The van der Waals surface area contributed by atoms with E-state index in [2.05, 4.69) is 17.2 Å². The normalized spacial score (nSPS) is 8.67. The first-order valence-corrected chi connectivity index (χ1v) is 4.76. The molecule has 0 atom stereocenters. The Morgan fingerprint density at radius 2 is 2.13 bits per heavy atom. The van der Waals surface area contributed by atoms with Crippen LogP contribution in [-0.4, -0.2) is 41.6 Å². The highest BCUT2D eigenvalue weighted by molar-refractivity contribution is 5.75. The fourth-order valence-corrected chi connectivity index (χ4v) is 0.954. The first-order valence-electron chi connectivity index (χ1n) is 4.76. The predicted octanol–water partition coefficient (Wildman–Crippen LogP) is 0.516. The smallest absolute Gasteiger partial charge is 0.318 e. The van der Waals surface area contributed by atoms with E-state index >= 15 is 0 Å². The molecule has 5 nitrogen and oxygen atoms in total. The van der Waals surface area contributed by atoms with Crippen molar-refractivity contribution in [2.24, 2.45) is 0 Å².